The summed E-state index contributed by atoms with van der Waals surface area (Å²) in [4.78, 5) is 19.8. The van der Waals surface area contributed by atoms with Crippen molar-refractivity contribution >= 4 is 22.4 Å². The van der Waals surface area contributed by atoms with E-state index in [4.69, 9.17) is 14.5 Å². The lowest BCUT2D eigenvalue weighted by molar-refractivity contribution is -0.127. The number of aryl methyl sites for hydroxylation is 1. The van der Waals surface area contributed by atoms with Crippen LogP contribution in [0, 0.1) is 6.92 Å². The molecule has 3 aromatic rings. The molecule has 1 aromatic heterocycles. The molecule has 150 valence electrons. The molecule has 0 radical (unpaired) electrons. The fraction of sp³-hybridized carbons (Fsp3) is 0.304. The second kappa shape index (κ2) is 8.76. The summed E-state index contributed by atoms with van der Waals surface area (Å²) >= 11 is 1.47. The highest BCUT2D eigenvalue weighted by Gasteiger charge is 2.31. The van der Waals surface area contributed by atoms with Crippen LogP contribution in [0.2, 0.25) is 0 Å². The molecule has 0 bridgehead atoms. The summed E-state index contributed by atoms with van der Waals surface area (Å²) in [5, 5.41) is 2.67. The molecule has 0 aliphatic carbocycles. The Kier molecular flexibility index (Phi) is 5.92. The van der Waals surface area contributed by atoms with Gasteiger partial charge in [-0.1, -0.05) is 48.0 Å². The van der Waals surface area contributed by atoms with Crippen molar-refractivity contribution in [3.05, 3.63) is 65.0 Å². The minimum absolute atomic E-state index is 0.0433. The summed E-state index contributed by atoms with van der Waals surface area (Å²) in [6, 6.07) is 16.0. The van der Waals surface area contributed by atoms with Gasteiger partial charge in [-0.2, -0.15) is 0 Å². The molecule has 6 heteroatoms. The molecule has 0 saturated carbocycles. The zero-order chi connectivity index (χ0) is 20.2. The maximum atomic E-state index is 13.3. The summed E-state index contributed by atoms with van der Waals surface area (Å²) in [5.41, 5.74) is 4.05. The largest absolute Gasteiger partial charge is 0.496 e. The van der Waals surface area contributed by atoms with Crippen molar-refractivity contribution in [3.63, 3.8) is 0 Å². The lowest BCUT2D eigenvalue weighted by Crippen LogP contribution is -2.38. The summed E-state index contributed by atoms with van der Waals surface area (Å²) in [6.07, 6.45) is 1.25. The van der Waals surface area contributed by atoms with E-state index in [2.05, 4.69) is 31.2 Å². The van der Waals surface area contributed by atoms with Gasteiger partial charge in [0, 0.05) is 23.1 Å². The number of hydrogen-bond acceptors (Lipinski definition) is 5. The Morgan fingerprint density at radius 3 is 2.76 bits per heavy atom. The van der Waals surface area contributed by atoms with Gasteiger partial charge in [-0.05, 0) is 25.8 Å². The van der Waals surface area contributed by atoms with Gasteiger partial charge in [-0.3, -0.25) is 9.69 Å². The van der Waals surface area contributed by atoms with Crippen LogP contribution in [0.25, 0.3) is 11.3 Å². The van der Waals surface area contributed by atoms with Gasteiger partial charge in [-0.15, -0.1) is 11.3 Å². The average molecular weight is 409 g/mol. The number of para-hydroxylation sites is 1. The highest BCUT2D eigenvalue weighted by molar-refractivity contribution is 7.14. The Labute approximate surface area is 174 Å². The number of thiazole rings is 1. The standard InChI is InChI=1S/C23H24N2O3S/c1-16-9-11-17(12-10-16)19-15-29-23(24-19)25(22(26)21-8-5-13-28-21)14-18-6-3-4-7-20(18)27-2/h3-4,6-7,9-12,15,21H,5,8,13-14H2,1-2H3/t21-/m1/s1. The number of hydrogen-bond donors (Lipinski definition) is 0. The van der Waals surface area contributed by atoms with Crippen LogP contribution in [0.4, 0.5) is 5.13 Å². The molecule has 0 spiro atoms. The molecule has 1 saturated heterocycles. The summed E-state index contributed by atoms with van der Waals surface area (Å²) in [5.74, 6) is 0.714. The topological polar surface area (TPSA) is 51.7 Å². The van der Waals surface area contributed by atoms with E-state index in [1.54, 1.807) is 12.0 Å². The number of nitrogens with zero attached hydrogens (tertiary/aromatic N) is 2. The highest BCUT2D eigenvalue weighted by Crippen LogP contribution is 2.31. The molecule has 1 aliphatic rings. The highest BCUT2D eigenvalue weighted by atomic mass is 32.1. The molecule has 1 aliphatic heterocycles. The number of carbonyl (C=O) groups excluding carboxylic acids is 1. The van der Waals surface area contributed by atoms with Crippen LogP contribution in [-0.2, 0) is 16.1 Å². The number of amides is 1. The van der Waals surface area contributed by atoms with Crippen molar-refractivity contribution in [2.45, 2.75) is 32.4 Å². The van der Waals surface area contributed by atoms with Gasteiger partial charge in [-0.25, -0.2) is 4.98 Å². The minimum atomic E-state index is -0.406. The Balaban J connectivity index is 1.66. The van der Waals surface area contributed by atoms with E-state index in [1.165, 1.54) is 16.9 Å². The SMILES string of the molecule is COc1ccccc1CN(C(=O)[C@H]1CCCO1)c1nc(-c2ccc(C)cc2)cs1. The number of rotatable bonds is 6. The molecular weight excluding hydrogens is 384 g/mol. The van der Waals surface area contributed by atoms with Crippen LogP contribution in [0.5, 0.6) is 5.75 Å². The third-order valence-corrected chi connectivity index (χ3v) is 5.93. The van der Waals surface area contributed by atoms with Gasteiger partial charge in [0.15, 0.2) is 5.13 Å². The number of anilines is 1. The van der Waals surface area contributed by atoms with Gasteiger partial charge in [0.2, 0.25) is 0 Å². The number of benzene rings is 2. The van der Waals surface area contributed by atoms with Crippen molar-refractivity contribution in [1.82, 2.24) is 4.98 Å². The van der Waals surface area contributed by atoms with Gasteiger partial charge >= 0.3 is 0 Å². The first-order chi connectivity index (χ1) is 14.2. The molecule has 29 heavy (non-hydrogen) atoms. The molecule has 1 atom stereocenters. The van der Waals surface area contributed by atoms with Crippen LogP contribution >= 0.6 is 11.3 Å². The van der Waals surface area contributed by atoms with Crippen molar-refractivity contribution in [2.24, 2.45) is 0 Å². The maximum Gasteiger partial charge on any atom is 0.258 e. The number of aromatic nitrogens is 1. The van der Waals surface area contributed by atoms with E-state index in [-0.39, 0.29) is 5.91 Å². The molecule has 2 heterocycles. The van der Waals surface area contributed by atoms with Crippen LogP contribution < -0.4 is 9.64 Å². The normalized spacial score (nSPS) is 16.0. The molecule has 4 rings (SSSR count). The third kappa shape index (κ3) is 4.33. The Morgan fingerprint density at radius 2 is 2.03 bits per heavy atom. The van der Waals surface area contributed by atoms with E-state index >= 15 is 0 Å². The van der Waals surface area contributed by atoms with E-state index in [9.17, 15) is 4.79 Å². The van der Waals surface area contributed by atoms with Crippen molar-refractivity contribution in [1.29, 1.82) is 0 Å². The smallest absolute Gasteiger partial charge is 0.258 e. The van der Waals surface area contributed by atoms with Crippen molar-refractivity contribution in [2.75, 3.05) is 18.6 Å². The predicted octanol–water partition coefficient (Wildman–Crippen LogP) is 4.84. The monoisotopic (exact) mass is 408 g/mol. The van der Waals surface area contributed by atoms with Gasteiger partial charge in [0.05, 0.1) is 19.3 Å². The summed E-state index contributed by atoms with van der Waals surface area (Å²) < 4.78 is 11.2. The molecule has 1 amide bonds. The quantitative estimate of drug-likeness (QED) is 0.586. The zero-order valence-electron chi connectivity index (χ0n) is 16.6. The first-order valence-corrected chi connectivity index (χ1v) is 10.6. The lowest BCUT2D eigenvalue weighted by atomic mass is 10.1. The molecule has 1 fully saturated rings. The van der Waals surface area contributed by atoms with Crippen LogP contribution in [-0.4, -0.2) is 30.7 Å². The second-order valence-corrected chi connectivity index (χ2v) is 7.96. The summed E-state index contributed by atoms with van der Waals surface area (Å²) in [6.45, 7) is 3.08. The molecule has 0 N–H and O–H groups in total. The van der Waals surface area contributed by atoms with Crippen LogP contribution in [0.3, 0.4) is 0 Å². The Bertz CT molecular complexity index is 978. The second-order valence-electron chi connectivity index (χ2n) is 7.12. The molecule has 0 unspecified atom stereocenters. The first-order valence-electron chi connectivity index (χ1n) is 9.73. The number of ether oxygens (including phenoxy) is 2. The van der Waals surface area contributed by atoms with Gasteiger partial charge < -0.3 is 9.47 Å². The fourth-order valence-electron chi connectivity index (χ4n) is 3.44. The van der Waals surface area contributed by atoms with E-state index in [0.717, 1.165) is 35.4 Å². The van der Waals surface area contributed by atoms with E-state index in [0.29, 0.717) is 18.3 Å². The molecular formula is C23H24N2O3S. The van der Waals surface area contributed by atoms with E-state index < -0.39 is 6.10 Å². The first kappa shape index (κ1) is 19.6. The lowest BCUT2D eigenvalue weighted by Gasteiger charge is -2.23. The number of carbonyl (C=O) groups is 1. The number of methoxy groups -OCH3 is 1. The molecule has 5 nitrogen and oxygen atoms in total. The molecule has 2 aromatic carbocycles. The zero-order valence-corrected chi connectivity index (χ0v) is 17.4. The van der Waals surface area contributed by atoms with Crippen LogP contribution in [0.15, 0.2) is 53.9 Å². The van der Waals surface area contributed by atoms with Crippen LogP contribution in [0.1, 0.15) is 24.0 Å². The average Bonchev–Trinajstić information content (AvgIpc) is 3.45. The van der Waals surface area contributed by atoms with Gasteiger partial charge in [0.1, 0.15) is 11.9 Å². The predicted molar refractivity (Wildman–Crippen MR) is 115 cm³/mol. The Hall–Kier alpha value is -2.70. The third-order valence-electron chi connectivity index (χ3n) is 5.06. The summed E-state index contributed by atoms with van der Waals surface area (Å²) in [7, 11) is 1.64. The van der Waals surface area contributed by atoms with Crippen molar-refractivity contribution in [3.8, 4) is 17.0 Å². The van der Waals surface area contributed by atoms with E-state index in [1.807, 2.05) is 29.6 Å². The van der Waals surface area contributed by atoms with Gasteiger partial charge in [0.25, 0.3) is 5.91 Å². The fourth-order valence-corrected chi connectivity index (χ4v) is 4.27. The van der Waals surface area contributed by atoms with Crippen molar-refractivity contribution < 1.29 is 14.3 Å². The Morgan fingerprint density at radius 1 is 1.24 bits per heavy atom. The maximum absolute atomic E-state index is 13.3. The minimum Gasteiger partial charge on any atom is -0.496 e.